The lowest BCUT2D eigenvalue weighted by atomic mass is 10.1. The number of carbonyl (C=O) groups excluding carboxylic acids is 2. The molecule has 1 aromatic carbocycles. The molecular formula is C17H23ClN2O2. The molecule has 120 valence electrons. The van der Waals surface area contributed by atoms with Gasteiger partial charge in [-0.3, -0.25) is 9.59 Å². The van der Waals surface area contributed by atoms with Crippen LogP contribution in [0.25, 0.3) is 0 Å². The van der Waals surface area contributed by atoms with E-state index in [0.717, 1.165) is 18.5 Å². The molecule has 0 spiro atoms. The van der Waals surface area contributed by atoms with Gasteiger partial charge in [0.25, 0.3) is 0 Å². The first kappa shape index (κ1) is 16.8. The zero-order valence-electron chi connectivity index (χ0n) is 13.1. The van der Waals surface area contributed by atoms with Crippen LogP contribution in [0.4, 0.5) is 0 Å². The fourth-order valence-corrected chi connectivity index (χ4v) is 2.75. The Morgan fingerprint density at radius 3 is 2.82 bits per heavy atom. The normalized spacial score (nSPS) is 18.1. The van der Waals surface area contributed by atoms with Crippen molar-refractivity contribution in [1.82, 2.24) is 10.2 Å². The van der Waals surface area contributed by atoms with Gasteiger partial charge in [0, 0.05) is 31.1 Å². The zero-order valence-corrected chi connectivity index (χ0v) is 13.9. The highest BCUT2D eigenvalue weighted by molar-refractivity contribution is 6.31. The smallest absolute Gasteiger partial charge is 0.225 e. The molecule has 1 saturated heterocycles. The Balaban J connectivity index is 1.83. The SMILES string of the molecule is CC(C)CCN1C[C@@H](C(=O)NCc2ccccc2Cl)CC1=O. The summed E-state index contributed by atoms with van der Waals surface area (Å²) in [5.74, 6) is 0.321. The molecule has 22 heavy (non-hydrogen) atoms. The lowest BCUT2D eigenvalue weighted by Crippen LogP contribution is -2.33. The van der Waals surface area contributed by atoms with E-state index in [-0.39, 0.29) is 17.7 Å². The highest BCUT2D eigenvalue weighted by Gasteiger charge is 2.33. The maximum atomic E-state index is 12.2. The average molecular weight is 323 g/mol. The molecule has 1 fully saturated rings. The Morgan fingerprint density at radius 2 is 2.14 bits per heavy atom. The molecule has 0 radical (unpaired) electrons. The molecule has 0 aromatic heterocycles. The number of benzene rings is 1. The number of carbonyl (C=O) groups is 2. The summed E-state index contributed by atoms with van der Waals surface area (Å²) in [5.41, 5.74) is 0.888. The monoisotopic (exact) mass is 322 g/mol. The van der Waals surface area contributed by atoms with Crippen LogP contribution < -0.4 is 5.32 Å². The molecule has 0 aliphatic carbocycles. The first-order chi connectivity index (χ1) is 10.5. The summed E-state index contributed by atoms with van der Waals surface area (Å²) in [4.78, 5) is 26.0. The van der Waals surface area contributed by atoms with Gasteiger partial charge < -0.3 is 10.2 Å². The molecule has 1 aliphatic heterocycles. The lowest BCUT2D eigenvalue weighted by Gasteiger charge is -2.17. The number of hydrogen-bond acceptors (Lipinski definition) is 2. The van der Waals surface area contributed by atoms with Gasteiger partial charge in [0.05, 0.1) is 5.92 Å². The van der Waals surface area contributed by atoms with Crippen molar-refractivity contribution < 1.29 is 9.59 Å². The molecule has 4 nitrogen and oxygen atoms in total. The fraction of sp³-hybridized carbons (Fsp3) is 0.529. The summed E-state index contributed by atoms with van der Waals surface area (Å²) in [6, 6.07) is 7.43. The average Bonchev–Trinajstić information content (AvgIpc) is 2.85. The van der Waals surface area contributed by atoms with Crippen LogP contribution in [-0.4, -0.2) is 29.8 Å². The second kappa shape index (κ2) is 7.63. The maximum absolute atomic E-state index is 12.2. The maximum Gasteiger partial charge on any atom is 0.225 e. The van der Waals surface area contributed by atoms with Gasteiger partial charge in [-0.05, 0) is 24.0 Å². The van der Waals surface area contributed by atoms with Gasteiger partial charge in [-0.15, -0.1) is 0 Å². The molecule has 2 rings (SSSR count). The van der Waals surface area contributed by atoms with Crippen molar-refractivity contribution in [2.45, 2.75) is 33.2 Å². The number of amides is 2. The Morgan fingerprint density at radius 1 is 1.41 bits per heavy atom. The van der Waals surface area contributed by atoms with E-state index in [1.54, 1.807) is 11.0 Å². The predicted molar refractivity (Wildman–Crippen MR) is 87.4 cm³/mol. The van der Waals surface area contributed by atoms with Crippen LogP contribution in [0, 0.1) is 11.8 Å². The first-order valence-electron chi connectivity index (χ1n) is 7.76. The molecule has 1 atom stereocenters. The largest absolute Gasteiger partial charge is 0.352 e. The third-order valence-corrected chi connectivity index (χ3v) is 4.34. The molecule has 2 amide bonds. The Kier molecular flexibility index (Phi) is 5.83. The number of rotatable bonds is 6. The van der Waals surface area contributed by atoms with Crippen LogP contribution in [0.1, 0.15) is 32.3 Å². The lowest BCUT2D eigenvalue weighted by molar-refractivity contribution is -0.129. The minimum Gasteiger partial charge on any atom is -0.352 e. The first-order valence-corrected chi connectivity index (χ1v) is 8.14. The minimum atomic E-state index is -0.248. The predicted octanol–water partition coefficient (Wildman–Crippen LogP) is 2.85. The number of likely N-dealkylation sites (tertiary alicyclic amines) is 1. The van der Waals surface area contributed by atoms with Crippen molar-refractivity contribution in [1.29, 1.82) is 0 Å². The Labute approximate surface area is 136 Å². The molecule has 5 heteroatoms. The number of nitrogens with zero attached hydrogens (tertiary/aromatic N) is 1. The van der Waals surface area contributed by atoms with Gasteiger partial charge in [-0.2, -0.15) is 0 Å². The standard InChI is InChI=1S/C17H23ClN2O2/c1-12(2)7-8-20-11-14(9-16(20)21)17(22)19-10-13-5-3-4-6-15(13)18/h3-6,12,14H,7-11H2,1-2H3,(H,19,22)/t14-/m0/s1. The third-order valence-electron chi connectivity index (χ3n) is 3.97. The van der Waals surface area contributed by atoms with Gasteiger partial charge >= 0.3 is 0 Å². The quantitative estimate of drug-likeness (QED) is 0.875. The van der Waals surface area contributed by atoms with Gasteiger partial charge in [-0.1, -0.05) is 43.6 Å². The van der Waals surface area contributed by atoms with E-state index >= 15 is 0 Å². The van der Waals surface area contributed by atoms with Gasteiger partial charge in [0.1, 0.15) is 0 Å². The summed E-state index contributed by atoms with van der Waals surface area (Å²) in [5, 5.41) is 3.53. The van der Waals surface area contributed by atoms with E-state index in [1.807, 2.05) is 18.2 Å². The van der Waals surface area contributed by atoms with Crippen molar-refractivity contribution in [2.75, 3.05) is 13.1 Å². The molecule has 0 unspecified atom stereocenters. The van der Waals surface area contributed by atoms with E-state index in [0.29, 0.717) is 30.5 Å². The van der Waals surface area contributed by atoms with Crippen LogP contribution in [0.5, 0.6) is 0 Å². The molecule has 0 saturated carbocycles. The van der Waals surface area contributed by atoms with Crippen LogP contribution in [-0.2, 0) is 16.1 Å². The van der Waals surface area contributed by atoms with Crippen molar-refractivity contribution >= 4 is 23.4 Å². The summed E-state index contributed by atoms with van der Waals surface area (Å²) in [6.07, 6.45) is 1.28. The topological polar surface area (TPSA) is 49.4 Å². The fourth-order valence-electron chi connectivity index (χ4n) is 2.55. The summed E-state index contributed by atoms with van der Waals surface area (Å²) < 4.78 is 0. The van der Waals surface area contributed by atoms with Crippen molar-refractivity contribution in [2.24, 2.45) is 11.8 Å². The van der Waals surface area contributed by atoms with Crippen molar-refractivity contribution in [3.8, 4) is 0 Å². The molecule has 0 bridgehead atoms. The van der Waals surface area contributed by atoms with E-state index in [1.165, 1.54) is 0 Å². The summed E-state index contributed by atoms with van der Waals surface area (Å²) in [7, 11) is 0. The molecule has 1 aliphatic rings. The van der Waals surface area contributed by atoms with Crippen molar-refractivity contribution in [3.63, 3.8) is 0 Å². The van der Waals surface area contributed by atoms with E-state index in [2.05, 4.69) is 19.2 Å². The van der Waals surface area contributed by atoms with Gasteiger partial charge in [-0.25, -0.2) is 0 Å². The van der Waals surface area contributed by atoms with E-state index in [4.69, 9.17) is 11.6 Å². The molecular weight excluding hydrogens is 300 g/mol. The van der Waals surface area contributed by atoms with Crippen LogP contribution in [0.15, 0.2) is 24.3 Å². The number of hydrogen-bond donors (Lipinski definition) is 1. The van der Waals surface area contributed by atoms with Crippen LogP contribution in [0.3, 0.4) is 0 Å². The van der Waals surface area contributed by atoms with Gasteiger partial charge in [0.2, 0.25) is 11.8 Å². The highest BCUT2D eigenvalue weighted by Crippen LogP contribution is 2.20. The van der Waals surface area contributed by atoms with Crippen LogP contribution in [0.2, 0.25) is 5.02 Å². The second-order valence-corrected chi connectivity index (χ2v) is 6.64. The highest BCUT2D eigenvalue weighted by atomic mass is 35.5. The summed E-state index contributed by atoms with van der Waals surface area (Å²) >= 11 is 6.07. The molecule has 1 N–H and O–H groups in total. The van der Waals surface area contributed by atoms with E-state index in [9.17, 15) is 9.59 Å². The van der Waals surface area contributed by atoms with E-state index < -0.39 is 0 Å². The molecule has 1 aromatic rings. The minimum absolute atomic E-state index is 0.0692. The van der Waals surface area contributed by atoms with Gasteiger partial charge in [0.15, 0.2) is 0 Å². The zero-order chi connectivity index (χ0) is 16.1. The van der Waals surface area contributed by atoms with Crippen LogP contribution >= 0.6 is 11.6 Å². The second-order valence-electron chi connectivity index (χ2n) is 6.23. The Hall–Kier alpha value is -1.55. The summed E-state index contributed by atoms with van der Waals surface area (Å²) in [6.45, 7) is 5.93. The Bertz CT molecular complexity index is 545. The number of halogens is 1. The van der Waals surface area contributed by atoms with Crippen molar-refractivity contribution in [3.05, 3.63) is 34.9 Å². The third kappa shape index (κ3) is 4.47. The molecule has 1 heterocycles. The number of nitrogens with one attached hydrogen (secondary N) is 1.